The van der Waals surface area contributed by atoms with Crippen molar-refractivity contribution >= 4 is 35.0 Å². The van der Waals surface area contributed by atoms with Crippen LogP contribution in [0.2, 0.25) is 0 Å². The number of aromatic amines is 2. The fourth-order valence-corrected chi connectivity index (χ4v) is 12.0. The molecule has 10 rings (SSSR count). The standard InChI is InChI=1S/C72H86F2N14O9/c1-43(75-9)65(89)77-61(69(93)85-41-71(5,6)63-59(85)37-49(67(91)79-63)35-47-17-21-51(73)22-18-47)45(3)87-39-53(81-83-87)15-11-13-33-95-55-25-29-57(30-26-55)97-58-31-27-56(28-32-58)96-34-14-12-16-54-40-88(84-82-54)46(4)62(78-66(90)44(2)76-10)70(94)86-42-72(7,8)64-60(86)38-50(68(92)80-64)36-48-19-23-52(74)24-20-48/h17-32,37-40,43-46,61-62,75-76H,11-16,33-36,41-42H2,1-10H3,(H,77,89)(H,78,90)(H,79,91)(H,80,92)/t43-,44-,45-,46-,61-,62-/m0/s1. The second kappa shape index (κ2) is 30.5. The number of rotatable bonds is 30. The van der Waals surface area contributed by atoms with Gasteiger partial charge in [-0.15, -0.1) is 10.2 Å². The number of nitrogens with zero attached hydrogens (tertiary/aromatic N) is 8. The molecule has 25 heteroatoms. The largest absolute Gasteiger partial charge is 0.494 e. The van der Waals surface area contributed by atoms with Crippen LogP contribution in [0.25, 0.3) is 0 Å². The number of aryl methyl sites for hydroxylation is 2. The molecule has 6 heterocycles. The summed E-state index contributed by atoms with van der Waals surface area (Å²) >= 11 is 0. The van der Waals surface area contributed by atoms with E-state index in [0.717, 1.165) is 36.8 Å². The van der Waals surface area contributed by atoms with Crippen LogP contribution in [0.15, 0.2) is 131 Å². The summed E-state index contributed by atoms with van der Waals surface area (Å²) in [6.45, 7) is 16.3. The zero-order valence-electron chi connectivity index (χ0n) is 56.5. The number of hydrogen-bond donors (Lipinski definition) is 6. The van der Waals surface area contributed by atoms with Crippen molar-refractivity contribution in [3.8, 4) is 23.0 Å². The van der Waals surface area contributed by atoms with E-state index in [0.29, 0.717) is 94.3 Å². The zero-order chi connectivity index (χ0) is 69.3. The lowest BCUT2D eigenvalue weighted by atomic mass is 9.91. The topological polar surface area (TPSA) is 278 Å². The lowest BCUT2D eigenvalue weighted by Crippen LogP contribution is -2.55. The van der Waals surface area contributed by atoms with Crippen LogP contribution in [0.1, 0.15) is 138 Å². The molecule has 4 aromatic heterocycles. The highest BCUT2D eigenvalue weighted by atomic mass is 19.1. The van der Waals surface area contributed by atoms with E-state index in [4.69, 9.17) is 14.2 Å². The van der Waals surface area contributed by atoms with Crippen molar-refractivity contribution in [2.45, 2.75) is 154 Å². The molecule has 512 valence electrons. The van der Waals surface area contributed by atoms with Crippen LogP contribution >= 0.6 is 0 Å². The normalized spacial score (nSPS) is 15.5. The number of likely N-dealkylation sites (N-methyl/N-ethyl adjacent to an activating group) is 2. The summed E-state index contributed by atoms with van der Waals surface area (Å²) < 4.78 is 48.9. The Morgan fingerprint density at radius 3 is 1.26 bits per heavy atom. The second-order valence-corrected chi connectivity index (χ2v) is 26.5. The van der Waals surface area contributed by atoms with E-state index < -0.39 is 47.1 Å². The Morgan fingerprint density at radius 1 is 0.536 bits per heavy atom. The molecule has 6 atom stereocenters. The molecule has 0 aliphatic carbocycles. The van der Waals surface area contributed by atoms with Crippen LogP contribution in [0, 0.1) is 11.6 Å². The van der Waals surface area contributed by atoms with Crippen LogP contribution in [0.3, 0.4) is 0 Å². The van der Waals surface area contributed by atoms with Gasteiger partial charge in [-0.2, -0.15) is 0 Å². The highest BCUT2D eigenvalue weighted by Crippen LogP contribution is 2.42. The molecule has 97 heavy (non-hydrogen) atoms. The van der Waals surface area contributed by atoms with Gasteiger partial charge in [0.15, 0.2) is 0 Å². The van der Waals surface area contributed by atoms with Crippen molar-refractivity contribution in [2.24, 2.45) is 0 Å². The molecule has 0 unspecified atom stereocenters. The number of benzene rings is 4. The number of unbranched alkanes of at least 4 members (excludes halogenated alkanes) is 2. The number of aromatic nitrogens is 8. The molecule has 0 bridgehead atoms. The highest BCUT2D eigenvalue weighted by molar-refractivity contribution is 6.03. The van der Waals surface area contributed by atoms with Gasteiger partial charge in [-0.1, -0.05) is 62.4 Å². The maximum atomic E-state index is 14.8. The average molecular weight is 1330 g/mol. The molecule has 2 aliphatic rings. The number of nitrogens with one attached hydrogen (secondary N) is 6. The predicted molar refractivity (Wildman–Crippen MR) is 363 cm³/mol. The predicted octanol–water partition coefficient (Wildman–Crippen LogP) is 8.26. The first-order valence-corrected chi connectivity index (χ1v) is 32.9. The fourth-order valence-electron chi connectivity index (χ4n) is 12.0. The summed E-state index contributed by atoms with van der Waals surface area (Å²) in [7, 11) is 3.33. The number of amides is 4. The van der Waals surface area contributed by atoms with Crippen LogP contribution < -0.4 is 56.4 Å². The third-order valence-corrected chi connectivity index (χ3v) is 18.2. The van der Waals surface area contributed by atoms with E-state index in [1.165, 1.54) is 24.3 Å². The molecule has 0 spiro atoms. The molecule has 23 nitrogen and oxygen atoms in total. The summed E-state index contributed by atoms with van der Waals surface area (Å²) in [5.74, 6) is 0.396. The van der Waals surface area contributed by atoms with E-state index >= 15 is 0 Å². The first-order chi connectivity index (χ1) is 46.4. The number of carbonyl (C=O) groups is 4. The Hall–Kier alpha value is -9.88. The van der Waals surface area contributed by atoms with Crippen LogP contribution in [0.5, 0.6) is 23.0 Å². The number of hydrogen-bond acceptors (Lipinski definition) is 15. The maximum absolute atomic E-state index is 14.8. The summed E-state index contributed by atoms with van der Waals surface area (Å²) in [5, 5.41) is 29.5. The van der Waals surface area contributed by atoms with Crippen molar-refractivity contribution in [3.63, 3.8) is 0 Å². The molecule has 0 saturated carbocycles. The van der Waals surface area contributed by atoms with Crippen molar-refractivity contribution < 1.29 is 42.2 Å². The van der Waals surface area contributed by atoms with E-state index in [-0.39, 0.29) is 72.3 Å². The molecular formula is C72H86F2N14O9. The summed E-state index contributed by atoms with van der Waals surface area (Å²) in [6, 6.07) is 25.5. The Balaban J connectivity index is 0.662. The molecule has 6 N–H and O–H groups in total. The molecule has 0 saturated heterocycles. The fraction of sp³-hybridized carbons (Fsp3) is 0.417. The van der Waals surface area contributed by atoms with E-state index in [9.17, 15) is 37.5 Å². The van der Waals surface area contributed by atoms with E-state index in [1.54, 1.807) is 95.9 Å². The Bertz CT molecular complexity index is 3920. The van der Waals surface area contributed by atoms with Gasteiger partial charge < -0.3 is 55.2 Å². The van der Waals surface area contributed by atoms with Crippen molar-refractivity contribution in [2.75, 3.05) is 50.2 Å². The third-order valence-electron chi connectivity index (χ3n) is 18.2. The summed E-state index contributed by atoms with van der Waals surface area (Å²) in [4.78, 5) is 92.4. The lowest BCUT2D eigenvalue weighted by Gasteiger charge is -2.30. The van der Waals surface area contributed by atoms with Gasteiger partial charge in [-0.25, -0.2) is 18.1 Å². The van der Waals surface area contributed by atoms with Crippen molar-refractivity contribution in [1.29, 1.82) is 0 Å². The molecule has 2 aliphatic heterocycles. The minimum absolute atomic E-state index is 0.231. The van der Waals surface area contributed by atoms with Crippen LogP contribution in [0.4, 0.5) is 20.2 Å². The first-order valence-electron chi connectivity index (χ1n) is 32.9. The van der Waals surface area contributed by atoms with E-state index in [1.807, 2.05) is 90.1 Å². The number of carbonyl (C=O) groups excluding carboxylic acids is 4. The Labute approximate surface area is 562 Å². The minimum Gasteiger partial charge on any atom is -0.494 e. The second-order valence-electron chi connectivity index (χ2n) is 26.5. The summed E-state index contributed by atoms with van der Waals surface area (Å²) in [6.07, 6.45) is 8.19. The number of H-pyrrole nitrogens is 2. The quantitative estimate of drug-likeness (QED) is 0.0231. The zero-order valence-corrected chi connectivity index (χ0v) is 56.5. The van der Waals surface area contributed by atoms with Gasteiger partial charge in [0.05, 0.1) is 60.1 Å². The third kappa shape index (κ3) is 16.9. The molecule has 8 aromatic rings. The van der Waals surface area contributed by atoms with Gasteiger partial charge in [0, 0.05) is 71.7 Å². The molecule has 0 radical (unpaired) electrons. The van der Waals surface area contributed by atoms with E-state index in [2.05, 4.69) is 51.9 Å². The van der Waals surface area contributed by atoms with Crippen molar-refractivity contribution in [1.82, 2.24) is 61.2 Å². The minimum atomic E-state index is -1.05. The first kappa shape index (κ1) is 69.9. The Kier molecular flexibility index (Phi) is 22.0. The summed E-state index contributed by atoms with van der Waals surface area (Å²) in [5.41, 5.74) is 4.27. The SMILES string of the molecule is CN[C@@H](C)C(=O)N[C@H](C(=O)N1CC(C)(C)c2[nH]c(=O)c(Cc3ccc(F)cc3)cc21)[C@H](C)n1cc(CCCCOc2ccc(Oc3ccc(OCCCCc4cn([C@@H](C)[C@H](NC(=O)[C@H](C)NC)C(=O)N5CC(C)(C)c6[nH]c(=O)c(Cc7ccc(F)cc7)cc65)nn4)cc3)cc2)nn1. The van der Waals surface area contributed by atoms with Gasteiger partial charge in [-0.3, -0.25) is 28.8 Å². The van der Waals surface area contributed by atoms with Crippen molar-refractivity contribution in [3.05, 3.63) is 199 Å². The molecule has 4 amide bonds. The van der Waals surface area contributed by atoms with Gasteiger partial charge in [0.25, 0.3) is 22.9 Å². The lowest BCUT2D eigenvalue weighted by molar-refractivity contribution is -0.129. The molecule has 0 fully saturated rings. The number of pyridine rings is 2. The monoisotopic (exact) mass is 1330 g/mol. The average Bonchev–Trinajstić information content (AvgIpc) is 1.61. The number of fused-ring (bicyclic) bond motifs is 2. The highest BCUT2D eigenvalue weighted by Gasteiger charge is 2.45. The smallest absolute Gasteiger partial charge is 0.251 e. The molecule has 4 aromatic carbocycles. The van der Waals surface area contributed by atoms with Crippen LogP contribution in [-0.2, 0) is 55.7 Å². The maximum Gasteiger partial charge on any atom is 0.251 e. The van der Waals surface area contributed by atoms with Gasteiger partial charge in [-0.05, 0) is 176 Å². The molecular weight excluding hydrogens is 1240 g/mol. The van der Waals surface area contributed by atoms with Gasteiger partial charge in [0.1, 0.15) is 46.7 Å². The van der Waals surface area contributed by atoms with Gasteiger partial charge >= 0.3 is 0 Å². The number of anilines is 2. The number of ether oxygens (including phenoxy) is 3. The number of halogens is 2. The Morgan fingerprint density at radius 2 is 0.897 bits per heavy atom. The van der Waals surface area contributed by atoms with Crippen LogP contribution in [-0.4, -0.2) is 128 Å². The van der Waals surface area contributed by atoms with Gasteiger partial charge in [0.2, 0.25) is 11.8 Å².